The lowest BCUT2D eigenvalue weighted by molar-refractivity contribution is 0.301. The molecule has 5 aromatic rings. The fourth-order valence-corrected chi connectivity index (χ4v) is 5.29. The lowest BCUT2D eigenvalue weighted by atomic mass is 9.85. The van der Waals surface area contributed by atoms with Crippen LogP contribution < -0.4 is 5.32 Å². The minimum Gasteiger partial charge on any atom is -0.435 e. The SMILES string of the molecule is Cn1cnnc1-c1cc(C#N)ccc1-c1cc(-c2nc3cc(CNCC4CCC4)ccc3o2)nc(C2CC2)c1. The normalized spacial score (nSPS) is 15.4. The summed E-state index contributed by atoms with van der Waals surface area (Å²) in [5.74, 6) is 2.49. The first-order valence-corrected chi connectivity index (χ1v) is 13.7. The van der Waals surface area contributed by atoms with E-state index in [-0.39, 0.29) is 0 Å². The standard InChI is InChI=1S/C31H29N7O/c1-38-18-34-37-30(38)25-11-20(15-32)5-9-24(25)23-13-26(22-7-8-22)35-28(14-23)31-36-27-12-21(6-10-29(27)39-31)17-33-16-19-3-2-4-19/h5-6,9-14,18-19,22,33H,2-4,7-8,16-17H2,1H3. The van der Waals surface area contributed by atoms with Crippen LogP contribution in [-0.4, -0.2) is 31.3 Å². The van der Waals surface area contributed by atoms with Gasteiger partial charge in [0.25, 0.3) is 0 Å². The molecule has 39 heavy (non-hydrogen) atoms. The molecule has 1 N–H and O–H groups in total. The third kappa shape index (κ3) is 4.70. The average molecular weight is 516 g/mol. The fraction of sp³-hybridized carbons (Fsp3) is 0.323. The molecule has 3 aromatic heterocycles. The Morgan fingerprint density at radius 3 is 2.67 bits per heavy atom. The van der Waals surface area contributed by atoms with Crippen LogP contribution in [0.4, 0.5) is 0 Å². The monoisotopic (exact) mass is 515 g/mol. The van der Waals surface area contributed by atoms with Gasteiger partial charge in [0.1, 0.15) is 17.5 Å². The van der Waals surface area contributed by atoms with Crippen molar-refractivity contribution < 1.29 is 4.42 Å². The number of fused-ring (bicyclic) bond motifs is 1. The Labute approximate surface area is 226 Å². The second kappa shape index (κ2) is 9.75. The van der Waals surface area contributed by atoms with Crippen molar-refractivity contribution in [2.75, 3.05) is 6.54 Å². The summed E-state index contributed by atoms with van der Waals surface area (Å²) in [5, 5.41) is 21.5. The van der Waals surface area contributed by atoms with E-state index < -0.39 is 0 Å². The maximum absolute atomic E-state index is 9.56. The van der Waals surface area contributed by atoms with Gasteiger partial charge in [-0.3, -0.25) is 0 Å². The molecule has 0 atom stereocenters. The zero-order chi connectivity index (χ0) is 26.3. The maximum atomic E-state index is 9.56. The molecule has 7 rings (SSSR count). The van der Waals surface area contributed by atoms with Gasteiger partial charge in [-0.15, -0.1) is 10.2 Å². The quantitative estimate of drug-likeness (QED) is 0.270. The van der Waals surface area contributed by atoms with E-state index in [1.54, 1.807) is 6.33 Å². The predicted octanol–water partition coefficient (Wildman–Crippen LogP) is 5.99. The van der Waals surface area contributed by atoms with Crippen LogP contribution >= 0.6 is 0 Å². The molecule has 0 unspecified atom stereocenters. The highest BCUT2D eigenvalue weighted by molar-refractivity contribution is 5.84. The highest BCUT2D eigenvalue weighted by Gasteiger charge is 2.27. The number of aryl methyl sites for hydroxylation is 1. The van der Waals surface area contributed by atoms with Gasteiger partial charge in [0.05, 0.1) is 11.6 Å². The highest BCUT2D eigenvalue weighted by Crippen LogP contribution is 2.42. The van der Waals surface area contributed by atoms with Gasteiger partial charge in [-0.25, -0.2) is 9.97 Å². The van der Waals surface area contributed by atoms with E-state index in [2.05, 4.69) is 39.8 Å². The second-order valence-corrected chi connectivity index (χ2v) is 10.8. The molecule has 2 fully saturated rings. The smallest absolute Gasteiger partial charge is 0.246 e. The third-order valence-corrected chi connectivity index (χ3v) is 7.91. The molecule has 0 spiro atoms. The molecule has 0 bridgehead atoms. The summed E-state index contributed by atoms with van der Waals surface area (Å²) in [4.78, 5) is 9.84. The first-order chi connectivity index (χ1) is 19.1. The number of oxazole rings is 1. The molecule has 0 aliphatic heterocycles. The van der Waals surface area contributed by atoms with Crippen LogP contribution in [0, 0.1) is 17.2 Å². The predicted molar refractivity (Wildman–Crippen MR) is 148 cm³/mol. The Balaban J connectivity index is 1.26. The number of nitrogens with zero attached hydrogens (tertiary/aromatic N) is 6. The van der Waals surface area contributed by atoms with Crippen LogP contribution in [0.25, 0.3) is 45.2 Å². The summed E-state index contributed by atoms with van der Waals surface area (Å²) in [6.07, 6.45) is 7.98. The summed E-state index contributed by atoms with van der Waals surface area (Å²) in [5.41, 5.74) is 7.93. The Hall–Kier alpha value is -4.35. The first-order valence-electron chi connectivity index (χ1n) is 13.7. The first kappa shape index (κ1) is 23.7. The Morgan fingerprint density at radius 1 is 1.03 bits per heavy atom. The van der Waals surface area contributed by atoms with Crippen LogP contribution in [0.15, 0.2) is 59.3 Å². The lowest BCUT2D eigenvalue weighted by Crippen LogP contribution is -2.26. The number of aromatic nitrogens is 5. The van der Waals surface area contributed by atoms with Crippen LogP contribution in [0.1, 0.15) is 54.8 Å². The summed E-state index contributed by atoms with van der Waals surface area (Å²) in [6, 6.07) is 18.3. The van der Waals surface area contributed by atoms with Crippen molar-refractivity contribution in [3.63, 3.8) is 0 Å². The maximum Gasteiger partial charge on any atom is 0.246 e. The molecule has 8 nitrogen and oxygen atoms in total. The topological polar surface area (TPSA) is 105 Å². The highest BCUT2D eigenvalue weighted by atomic mass is 16.3. The molecule has 0 amide bonds. The average Bonchev–Trinajstić information content (AvgIpc) is 3.57. The molecule has 2 aromatic carbocycles. The zero-order valence-corrected chi connectivity index (χ0v) is 21.9. The van der Waals surface area contributed by atoms with Crippen molar-refractivity contribution in [2.24, 2.45) is 13.0 Å². The minimum absolute atomic E-state index is 0.443. The molecule has 0 radical (unpaired) electrons. The Bertz CT molecular complexity index is 1720. The zero-order valence-electron chi connectivity index (χ0n) is 21.9. The molecular weight excluding hydrogens is 486 g/mol. The largest absolute Gasteiger partial charge is 0.435 e. The van der Waals surface area contributed by atoms with Crippen LogP contribution in [0.3, 0.4) is 0 Å². The molecular formula is C31H29N7O. The van der Waals surface area contributed by atoms with Crippen molar-refractivity contribution in [1.29, 1.82) is 5.26 Å². The minimum atomic E-state index is 0.443. The Morgan fingerprint density at radius 2 is 1.92 bits per heavy atom. The van der Waals surface area contributed by atoms with E-state index in [1.807, 2.05) is 41.9 Å². The molecule has 2 aliphatic carbocycles. The van der Waals surface area contributed by atoms with Gasteiger partial charge >= 0.3 is 0 Å². The van der Waals surface area contributed by atoms with Crippen molar-refractivity contribution in [2.45, 2.75) is 44.6 Å². The van der Waals surface area contributed by atoms with Crippen molar-refractivity contribution in [3.8, 4) is 40.2 Å². The van der Waals surface area contributed by atoms with E-state index in [1.165, 1.54) is 24.8 Å². The fourth-order valence-electron chi connectivity index (χ4n) is 5.29. The Kier molecular flexibility index (Phi) is 5.94. The number of hydrogen-bond donors (Lipinski definition) is 1. The number of nitriles is 1. The molecule has 2 aliphatic rings. The van der Waals surface area contributed by atoms with Gasteiger partial charge in [0.2, 0.25) is 5.89 Å². The van der Waals surface area contributed by atoms with Gasteiger partial charge in [-0.05, 0) is 91.2 Å². The van der Waals surface area contributed by atoms with Crippen molar-refractivity contribution >= 4 is 11.1 Å². The van der Waals surface area contributed by atoms with Crippen molar-refractivity contribution in [3.05, 3.63) is 71.7 Å². The number of rotatable bonds is 8. The van der Waals surface area contributed by atoms with E-state index >= 15 is 0 Å². The summed E-state index contributed by atoms with van der Waals surface area (Å²) >= 11 is 0. The van der Waals surface area contributed by atoms with Crippen LogP contribution in [0.5, 0.6) is 0 Å². The molecule has 8 heteroatoms. The number of hydrogen-bond acceptors (Lipinski definition) is 7. The molecule has 2 saturated carbocycles. The van der Waals surface area contributed by atoms with E-state index in [0.29, 0.717) is 28.9 Å². The van der Waals surface area contributed by atoms with Gasteiger partial charge < -0.3 is 14.3 Å². The van der Waals surface area contributed by atoms with Gasteiger partial charge in [-0.2, -0.15) is 5.26 Å². The summed E-state index contributed by atoms with van der Waals surface area (Å²) in [6.45, 7) is 1.91. The molecule has 194 valence electrons. The van der Waals surface area contributed by atoms with Gasteiger partial charge in [0.15, 0.2) is 11.4 Å². The van der Waals surface area contributed by atoms with E-state index in [0.717, 1.165) is 65.3 Å². The lowest BCUT2D eigenvalue weighted by Gasteiger charge is -2.25. The molecule has 3 heterocycles. The van der Waals surface area contributed by atoms with E-state index in [9.17, 15) is 5.26 Å². The third-order valence-electron chi connectivity index (χ3n) is 7.91. The second-order valence-electron chi connectivity index (χ2n) is 10.8. The van der Waals surface area contributed by atoms with Gasteiger partial charge in [-0.1, -0.05) is 18.6 Å². The summed E-state index contributed by atoms with van der Waals surface area (Å²) < 4.78 is 8.08. The number of pyridine rings is 1. The van der Waals surface area contributed by atoms with Crippen LogP contribution in [0.2, 0.25) is 0 Å². The van der Waals surface area contributed by atoms with E-state index in [4.69, 9.17) is 14.4 Å². The molecule has 0 saturated heterocycles. The number of benzene rings is 2. The number of nitrogens with one attached hydrogen (secondary N) is 1. The summed E-state index contributed by atoms with van der Waals surface area (Å²) in [7, 11) is 1.90. The van der Waals surface area contributed by atoms with Crippen LogP contribution in [-0.2, 0) is 13.6 Å². The van der Waals surface area contributed by atoms with Gasteiger partial charge in [0, 0.05) is 30.8 Å². The van der Waals surface area contributed by atoms with Crippen molar-refractivity contribution in [1.82, 2.24) is 30.0 Å².